The van der Waals surface area contributed by atoms with Crippen molar-refractivity contribution in [1.29, 1.82) is 0 Å². The van der Waals surface area contributed by atoms with E-state index in [4.69, 9.17) is 10.6 Å². The molecule has 0 aromatic carbocycles. The topological polar surface area (TPSA) is 47.6 Å². The molecule has 0 saturated carbocycles. The SMILES string of the molecule is C/C(=N/OC(C)(C)C)C(C)(C)N. The van der Waals surface area contributed by atoms with E-state index < -0.39 is 5.54 Å². The fourth-order valence-corrected chi connectivity index (χ4v) is 0.323. The van der Waals surface area contributed by atoms with Gasteiger partial charge in [0.05, 0.1) is 11.3 Å². The average molecular weight is 172 g/mol. The van der Waals surface area contributed by atoms with Crippen molar-refractivity contribution in [1.82, 2.24) is 0 Å². The van der Waals surface area contributed by atoms with Crippen molar-refractivity contribution in [3.8, 4) is 0 Å². The number of oxime groups is 1. The molecule has 0 saturated heterocycles. The monoisotopic (exact) mass is 172 g/mol. The van der Waals surface area contributed by atoms with Crippen LogP contribution in [0.15, 0.2) is 5.16 Å². The van der Waals surface area contributed by atoms with Crippen molar-refractivity contribution < 1.29 is 4.84 Å². The van der Waals surface area contributed by atoms with E-state index in [1.165, 1.54) is 0 Å². The molecule has 3 nitrogen and oxygen atoms in total. The van der Waals surface area contributed by atoms with E-state index in [-0.39, 0.29) is 5.60 Å². The second-order valence-corrected chi connectivity index (χ2v) is 4.60. The van der Waals surface area contributed by atoms with E-state index in [1.54, 1.807) is 0 Å². The predicted octanol–water partition coefficient (Wildman–Crippen LogP) is 1.91. The van der Waals surface area contributed by atoms with E-state index in [2.05, 4.69) is 5.16 Å². The Morgan fingerprint density at radius 1 is 1.17 bits per heavy atom. The number of nitrogens with two attached hydrogens (primary N) is 1. The highest BCUT2D eigenvalue weighted by Crippen LogP contribution is 2.09. The van der Waals surface area contributed by atoms with Gasteiger partial charge < -0.3 is 10.6 Å². The van der Waals surface area contributed by atoms with Gasteiger partial charge in [-0.25, -0.2) is 0 Å². The van der Waals surface area contributed by atoms with Gasteiger partial charge in [-0.1, -0.05) is 5.16 Å². The van der Waals surface area contributed by atoms with E-state index >= 15 is 0 Å². The quantitative estimate of drug-likeness (QED) is 0.511. The van der Waals surface area contributed by atoms with Crippen LogP contribution in [-0.4, -0.2) is 16.9 Å². The maximum Gasteiger partial charge on any atom is 0.129 e. The fraction of sp³-hybridized carbons (Fsp3) is 0.889. The molecule has 12 heavy (non-hydrogen) atoms. The third-order valence-corrected chi connectivity index (χ3v) is 1.39. The van der Waals surface area contributed by atoms with Gasteiger partial charge in [0.15, 0.2) is 0 Å². The van der Waals surface area contributed by atoms with Crippen molar-refractivity contribution in [3.63, 3.8) is 0 Å². The molecule has 0 heterocycles. The lowest BCUT2D eigenvalue weighted by molar-refractivity contribution is -0.0000742. The molecule has 0 rings (SSSR count). The minimum Gasteiger partial charge on any atom is -0.390 e. The Kier molecular flexibility index (Phi) is 3.27. The summed E-state index contributed by atoms with van der Waals surface area (Å²) < 4.78 is 0. The molecule has 0 atom stereocenters. The minimum atomic E-state index is -0.398. The highest BCUT2D eigenvalue weighted by atomic mass is 16.6. The Morgan fingerprint density at radius 3 is 1.83 bits per heavy atom. The first-order valence-corrected chi connectivity index (χ1v) is 4.15. The van der Waals surface area contributed by atoms with Crippen molar-refractivity contribution >= 4 is 5.71 Å². The van der Waals surface area contributed by atoms with Gasteiger partial charge in [-0.15, -0.1) is 0 Å². The minimum absolute atomic E-state index is 0.244. The number of rotatable bonds is 2. The fourth-order valence-electron chi connectivity index (χ4n) is 0.323. The van der Waals surface area contributed by atoms with Gasteiger partial charge in [-0.05, 0) is 41.5 Å². The maximum absolute atomic E-state index is 5.80. The first kappa shape index (κ1) is 11.4. The third-order valence-electron chi connectivity index (χ3n) is 1.39. The Hall–Kier alpha value is -0.570. The molecule has 0 aromatic rings. The van der Waals surface area contributed by atoms with Crippen LogP contribution in [0.5, 0.6) is 0 Å². The van der Waals surface area contributed by atoms with Gasteiger partial charge >= 0.3 is 0 Å². The molecular formula is C9H20N2O. The van der Waals surface area contributed by atoms with Crippen LogP contribution in [0.3, 0.4) is 0 Å². The number of hydrogen-bond acceptors (Lipinski definition) is 3. The van der Waals surface area contributed by atoms with E-state index in [0.29, 0.717) is 0 Å². The normalized spacial score (nSPS) is 14.8. The van der Waals surface area contributed by atoms with Crippen LogP contribution in [0.1, 0.15) is 41.5 Å². The summed E-state index contributed by atoms with van der Waals surface area (Å²) in [7, 11) is 0. The lowest BCUT2D eigenvalue weighted by Gasteiger charge is -2.21. The lowest BCUT2D eigenvalue weighted by Crippen LogP contribution is -2.40. The summed E-state index contributed by atoms with van der Waals surface area (Å²) in [6.45, 7) is 11.5. The lowest BCUT2D eigenvalue weighted by atomic mass is 10.0. The standard InChI is InChI=1S/C9H20N2O/c1-7(9(5,6)10)11-12-8(2,3)4/h10H2,1-6H3/b11-7-. The van der Waals surface area contributed by atoms with Crippen molar-refractivity contribution in [2.24, 2.45) is 10.9 Å². The Labute approximate surface area is 75.0 Å². The summed E-state index contributed by atoms with van der Waals surface area (Å²) in [6, 6.07) is 0. The zero-order chi connectivity index (χ0) is 9.99. The number of nitrogens with zero attached hydrogens (tertiary/aromatic N) is 1. The molecule has 0 unspecified atom stereocenters. The van der Waals surface area contributed by atoms with E-state index in [9.17, 15) is 0 Å². The van der Waals surface area contributed by atoms with Gasteiger partial charge in [0.1, 0.15) is 5.60 Å². The summed E-state index contributed by atoms with van der Waals surface area (Å²) in [6.07, 6.45) is 0. The Morgan fingerprint density at radius 2 is 1.58 bits per heavy atom. The molecule has 2 N–H and O–H groups in total. The summed E-state index contributed by atoms with van der Waals surface area (Å²) in [4.78, 5) is 5.23. The van der Waals surface area contributed by atoms with Crippen LogP contribution in [0.2, 0.25) is 0 Å². The highest BCUT2D eigenvalue weighted by molar-refractivity contribution is 5.89. The first-order valence-electron chi connectivity index (χ1n) is 4.15. The summed E-state index contributed by atoms with van der Waals surface area (Å²) >= 11 is 0. The molecular weight excluding hydrogens is 152 g/mol. The largest absolute Gasteiger partial charge is 0.390 e. The van der Waals surface area contributed by atoms with Crippen LogP contribution in [0, 0.1) is 0 Å². The van der Waals surface area contributed by atoms with Crippen molar-refractivity contribution in [2.75, 3.05) is 0 Å². The van der Waals surface area contributed by atoms with Crippen LogP contribution >= 0.6 is 0 Å². The predicted molar refractivity (Wildman–Crippen MR) is 52.2 cm³/mol. The van der Waals surface area contributed by atoms with Crippen LogP contribution in [0.4, 0.5) is 0 Å². The van der Waals surface area contributed by atoms with Crippen LogP contribution in [0.25, 0.3) is 0 Å². The average Bonchev–Trinajstić information content (AvgIpc) is 1.78. The molecule has 0 aliphatic heterocycles. The summed E-state index contributed by atoms with van der Waals surface area (Å²) in [5.74, 6) is 0. The zero-order valence-corrected chi connectivity index (χ0v) is 8.93. The molecule has 0 aliphatic carbocycles. The smallest absolute Gasteiger partial charge is 0.129 e. The second kappa shape index (κ2) is 3.44. The molecule has 0 spiro atoms. The molecule has 72 valence electrons. The van der Waals surface area contributed by atoms with Gasteiger partial charge in [0, 0.05) is 0 Å². The van der Waals surface area contributed by atoms with Gasteiger partial charge in [0.2, 0.25) is 0 Å². The molecule has 0 bridgehead atoms. The van der Waals surface area contributed by atoms with Crippen LogP contribution < -0.4 is 5.73 Å². The first-order chi connectivity index (χ1) is 5.13. The van der Waals surface area contributed by atoms with Crippen molar-refractivity contribution in [3.05, 3.63) is 0 Å². The third kappa shape index (κ3) is 5.13. The molecule has 3 heteroatoms. The zero-order valence-electron chi connectivity index (χ0n) is 8.93. The van der Waals surface area contributed by atoms with Gasteiger partial charge in [-0.3, -0.25) is 0 Å². The Bertz CT molecular complexity index is 172. The highest BCUT2D eigenvalue weighted by Gasteiger charge is 2.17. The molecule has 0 fully saturated rings. The van der Waals surface area contributed by atoms with Crippen LogP contribution in [-0.2, 0) is 4.84 Å². The molecule has 0 radical (unpaired) electrons. The molecule has 0 amide bonds. The van der Waals surface area contributed by atoms with Gasteiger partial charge in [0.25, 0.3) is 0 Å². The number of hydrogen-bond donors (Lipinski definition) is 1. The maximum atomic E-state index is 5.80. The van der Waals surface area contributed by atoms with Gasteiger partial charge in [-0.2, -0.15) is 0 Å². The van der Waals surface area contributed by atoms with Crippen molar-refractivity contribution in [2.45, 2.75) is 52.7 Å². The molecule has 0 aliphatic rings. The Balaban J connectivity index is 4.21. The molecule has 0 aromatic heterocycles. The van der Waals surface area contributed by atoms with E-state index in [0.717, 1.165) is 5.71 Å². The second-order valence-electron chi connectivity index (χ2n) is 4.60. The summed E-state index contributed by atoms with van der Waals surface area (Å²) in [5.41, 5.74) is 5.96. The summed E-state index contributed by atoms with van der Waals surface area (Å²) in [5, 5.41) is 3.96. The van der Waals surface area contributed by atoms with E-state index in [1.807, 2.05) is 41.5 Å².